The Labute approximate surface area is 133 Å². The van der Waals surface area contributed by atoms with Gasteiger partial charge in [-0.05, 0) is 32.0 Å². The van der Waals surface area contributed by atoms with Gasteiger partial charge in [0.15, 0.2) is 11.4 Å². The zero-order valence-corrected chi connectivity index (χ0v) is 13.0. The largest absolute Gasteiger partial charge is 0.481 e. The number of ether oxygens (including phenoxy) is 1. The zero-order chi connectivity index (χ0) is 17.2. The van der Waals surface area contributed by atoms with E-state index in [9.17, 15) is 19.5 Å². The van der Waals surface area contributed by atoms with Crippen molar-refractivity contribution < 1.29 is 29.3 Å². The summed E-state index contributed by atoms with van der Waals surface area (Å²) in [5.41, 5.74) is -0.342. The molecule has 0 unspecified atom stereocenters. The number of anilines is 1. The number of carboxylic acid groups (broad SMARTS) is 1. The van der Waals surface area contributed by atoms with Crippen LogP contribution in [0.4, 0.5) is 5.69 Å². The fourth-order valence-corrected chi connectivity index (χ4v) is 2.43. The van der Waals surface area contributed by atoms with Gasteiger partial charge in [0.05, 0.1) is 18.7 Å². The Balaban J connectivity index is 2.35. The number of ketones is 1. The van der Waals surface area contributed by atoms with E-state index in [0.29, 0.717) is 17.0 Å². The van der Waals surface area contributed by atoms with Gasteiger partial charge in [-0.1, -0.05) is 0 Å². The molecule has 2 N–H and O–H groups in total. The van der Waals surface area contributed by atoms with Crippen LogP contribution in [0, 0.1) is 0 Å². The number of carbonyl (C=O) groups excluding carboxylic acids is 2. The molecule has 23 heavy (non-hydrogen) atoms. The summed E-state index contributed by atoms with van der Waals surface area (Å²) < 4.78 is 5.66. The average molecular weight is 321 g/mol. The number of aliphatic hydroxyl groups is 1. The Hall–Kier alpha value is -2.41. The van der Waals surface area contributed by atoms with Gasteiger partial charge in [-0.2, -0.15) is 0 Å². The summed E-state index contributed by atoms with van der Waals surface area (Å²) in [6.45, 7) is 3.13. The maximum Gasteiger partial charge on any atom is 0.303 e. The van der Waals surface area contributed by atoms with E-state index in [2.05, 4.69) is 0 Å². The minimum absolute atomic E-state index is 0.0887. The van der Waals surface area contributed by atoms with Crippen molar-refractivity contribution in [3.05, 3.63) is 23.8 Å². The first-order valence-electron chi connectivity index (χ1n) is 7.27. The third-order valence-electron chi connectivity index (χ3n) is 3.59. The lowest BCUT2D eigenvalue weighted by Gasteiger charge is -2.38. The number of β-amino-alcohol motifs (C(OH)–C–C–N with tert-alkyl or cyclic N) is 1. The molecule has 1 aliphatic heterocycles. The molecule has 1 aliphatic rings. The summed E-state index contributed by atoms with van der Waals surface area (Å²) in [5, 5.41) is 17.8. The third-order valence-corrected chi connectivity index (χ3v) is 3.59. The monoisotopic (exact) mass is 321 g/mol. The Kier molecular flexibility index (Phi) is 4.70. The van der Waals surface area contributed by atoms with Crippen molar-refractivity contribution in [2.24, 2.45) is 0 Å². The highest BCUT2D eigenvalue weighted by molar-refractivity contribution is 6.05. The zero-order valence-electron chi connectivity index (χ0n) is 13.0. The first-order chi connectivity index (χ1) is 10.8. The Morgan fingerprint density at radius 3 is 2.57 bits per heavy atom. The number of carbonyl (C=O) groups is 3. The fourth-order valence-electron chi connectivity index (χ4n) is 2.43. The molecule has 1 aromatic carbocycles. The van der Waals surface area contributed by atoms with Crippen LogP contribution in [-0.2, 0) is 9.59 Å². The molecule has 0 aliphatic carbocycles. The minimum atomic E-state index is -1.06. The molecule has 1 heterocycles. The molecular weight excluding hydrogens is 302 g/mol. The number of aliphatic carboxylic acids is 1. The van der Waals surface area contributed by atoms with Gasteiger partial charge >= 0.3 is 5.97 Å². The van der Waals surface area contributed by atoms with Crippen molar-refractivity contribution in [1.82, 2.24) is 0 Å². The molecule has 0 fully saturated rings. The summed E-state index contributed by atoms with van der Waals surface area (Å²) in [6.07, 6.45) is -0.368. The summed E-state index contributed by atoms with van der Waals surface area (Å²) >= 11 is 0. The van der Waals surface area contributed by atoms with Gasteiger partial charge in [0.1, 0.15) is 5.75 Å². The van der Waals surface area contributed by atoms with Crippen molar-refractivity contribution in [3.63, 3.8) is 0 Å². The summed E-state index contributed by atoms with van der Waals surface area (Å²) in [7, 11) is 0. The van der Waals surface area contributed by atoms with Gasteiger partial charge in [-0.3, -0.25) is 14.4 Å². The molecule has 1 aromatic rings. The molecule has 0 bridgehead atoms. The van der Waals surface area contributed by atoms with E-state index >= 15 is 0 Å². The summed E-state index contributed by atoms with van der Waals surface area (Å²) in [5.74, 6) is -1.23. The molecule has 124 valence electrons. The first-order valence-corrected chi connectivity index (χ1v) is 7.27. The molecule has 0 spiro atoms. The van der Waals surface area contributed by atoms with E-state index in [1.165, 1.54) is 11.0 Å². The van der Waals surface area contributed by atoms with E-state index in [-0.39, 0.29) is 37.7 Å². The second-order valence-corrected chi connectivity index (χ2v) is 5.79. The van der Waals surface area contributed by atoms with E-state index in [4.69, 9.17) is 9.84 Å². The van der Waals surface area contributed by atoms with Gasteiger partial charge in [-0.25, -0.2) is 0 Å². The number of carboxylic acids is 1. The molecular formula is C16H19NO6. The smallest absolute Gasteiger partial charge is 0.303 e. The number of aliphatic hydroxyl groups excluding tert-OH is 1. The number of hydrogen-bond donors (Lipinski definition) is 2. The Morgan fingerprint density at radius 2 is 1.96 bits per heavy atom. The highest BCUT2D eigenvalue weighted by Gasteiger charge is 2.40. The van der Waals surface area contributed by atoms with Crippen LogP contribution in [0.15, 0.2) is 18.2 Å². The van der Waals surface area contributed by atoms with E-state index in [1.807, 2.05) is 0 Å². The number of fused-ring (bicyclic) bond motifs is 1. The van der Waals surface area contributed by atoms with Crippen LogP contribution in [0.5, 0.6) is 5.75 Å². The molecule has 0 radical (unpaired) electrons. The van der Waals surface area contributed by atoms with Gasteiger partial charge in [0.25, 0.3) is 5.91 Å². The van der Waals surface area contributed by atoms with Gasteiger partial charge in [0, 0.05) is 18.5 Å². The van der Waals surface area contributed by atoms with Crippen molar-refractivity contribution >= 4 is 23.3 Å². The molecule has 0 atom stereocenters. The van der Waals surface area contributed by atoms with Gasteiger partial charge < -0.3 is 19.8 Å². The van der Waals surface area contributed by atoms with Crippen LogP contribution >= 0.6 is 0 Å². The quantitative estimate of drug-likeness (QED) is 0.764. The molecule has 0 saturated heterocycles. The number of amides is 1. The molecule has 0 saturated carbocycles. The molecule has 2 rings (SSSR count). The van der Waals surface area contributed by atoms with Crippen LogP contribution in [0.1, 0.15) is 37.0 Å². The summed E-state index contributed by atoms with van der Waals surface area (Å²) in [6, 6.07) is 4.64. The van der Waals surface area contributed by atoms with Crippen molar-refractivity contribution in [1.29, 1.82) is 0 Å². The molecule has 1 amide bonds. The van der Waals surface area contributed by atoms with Crippen molar-refractivity contribution in [3.8, 4) is 5.75 Å². The second kappa shape index (κ2) is 6.37. The van der Waals surface area contributed by atoms with E-state index in [0.717, 1.165) is 0 Å². The maximum absolute atomic E-state index is 12.4. The lowest BCUT2D eigenvalue weighted by atomic mass is 10.0. The lowest BCUT2D eigenvalue weighted by molar-refractivity contribution is -0.137. The lowest BCUT2D eigenvalue weighted by Crippen LogP contribution is -2.53. The SMILES string of the molecule is CC1(C)Oc2ccc(C(=O)CCC(=O)O)cc2N(CCO)C1=O. The average Bonchev–Trinajstić information content (AvgIpc) is 2.49. The standard InChI is InChI=1S/C16H19NO6/c1-16(2)15(22)17(7-8-18)11-9-10(3-5-13(11)23-16)12(19)4-6-14(20)21/h3,5,9,18H,4,6-8H2,1-2H3,(H,20,21). The van der Waals surface area contributed by atoms with Gasteiger partial charge in [-0.15, -0.1) is 0 Å². The Bertz CT molecular complexity index is 652. The molecule has 7 heteroatoms. The van der Waals surface area contributed by atoms with E-state index in [1.54, 1.807) is 26.0 Å². The second-order valence-electron chi connectivity index (χ2n) is 5.79. The minimum Gasteiger partial charge on any atom is -0.481 e. The topological polar surface area (TPSA) is 104 Å². The highest BCUT2D eigenvalue weighted by atomic mass is 16.5. The van der Waals surface area contributed by atoms with Crippen LogP contribution in [0.3, 0.4) is 0 Å². The summed E-state index contributed by atoms with van der Waals surface area (Å²) in [4.78, 5) is 36.4. The highest BCUT2D eigenvalue weighted by Crippen LogP contribution is 2.38. The van der Waals surface area contributed by atoms with Crippen molar-refractivity contribution in [2.45, 2.75) is 32.3 Å². The fraction of sp³-hybridized carbons (Fsp3) is 0.438. The number of nitrogens with zero attached hydrogens (tertiary/aromatic N) is 1. The Morgan fingerprint density at radius 1 is 1.26 bits per heavy atom. The third kappa shape index (κ3) is 3.50. The van der Waals surface area contributed by atoms with Crippen LogP contribution in [-0.4, -0.2) is 46.6 Å². The van der Waals surface area contributed by atoms with Gasteiger partial charge in [0.2, 0.25) is 0 Å². The van der Waals surface area contributed by atoms with Crippen LogP contribution < -0.4 is 9.64 Å². The number of Topliss-reactive ketones (excluding diaryl/α,β-unsaturated/α-hetero) is 1. The van der Waals surface area contributed by atoms with Crippen LogP contribution in [0.25, 0.3) is 0 Å². The van der Waals surface area contributed by atoms with E-state index < -0.39 is 11.6 Å². The first kappa shape index (κ1) is 17.0. The predicted molar refractivity (Wildman–Crippen MR) is 81.8 cm³/mol. The number of hydrogen-bond acceptors (Lipinski definition) is 5. The van der Waals surface area contributed by atoms with Crippen molar-refractivity contribution in [2.75, 3.05) is 18.1 Å². The molecule has 7 nitrogen and oxygen atoms in total. The molecule has 0 aromatic heterocycles. The maximum atomic E-state index is 12.4. The van der Waals surface area contributed by atoms with Crippen LogP contribution in [0.2, 0.25) is 0 Å². The normalized spacial score (nSPS) is 15.8. The number of rotatable bonds is 6. The number of benzene rings is 1. The predicted octanol–water partition coefficient (Wildman–Crippen LogP) is 1.23.